The highest BCUT2D eigenvalue weighted by Crippen LogP contribution is 2.17. The number of rotatable bonds is 8. The third kappa shape index (κ3) is 5.60. The number of likely N-dealkylation sites (tertiary alicyclic amines) is 1. The van der Waals surface area contributed by atoms with Crippen LogP contribution < -0.4 is 14.8 Å². The fourth-order valence-electron chi connectivity index (χ4n) is 2.86. The van der Waals surface area contributed by atoms with Gasteiger partial charge in [-0.15, -0.1) is 0 Å². The van der Waals surface area contributed by atoms with Crippen molar-refractivity contribution in [3.8, 4) is 11.5 Å². The van der Waals surface area contributed by atoms with Crippen LogP contribution in [0.2, 0.25) is 0 Å². The second-order valence-corrected chi connectivity index (χ2v) is 5.91. The summed E-state index contributed by atoms with van der Waals surface area (Å²) >= 11 is 0. The summed E-state index contributed by atoms with van der Waals surface area (Å²) in [4.78, 5) is 6.68. The highest BCUT2D eigenvalue weighted by Gasteiger charge is 2.24. The normalized spacial score (nSPS) is 17.9. The Kier molecular flexibility index (Phi) is 7.68. The third-order valence-corrected chi connectivity index (χ3v) is 4.13. The van der Waals surface area contributed by atoms with Gasteiger partial charge in [0.2, 0.25) is 0 Å². The number of hydrogen-bond donors (Lipinski definition) is 1. The van der Waals surface area contributed by atoms with Crippen molar-refractivity contribution in [3.05, 3.63) is 24.3 Å². The maximum absolute atomic E-state index is 5.73. The van der Waals surface area contributed by atoms with Crippen LogP contribution in [0.3, 0.4) is 0 Å². The third-order valence-electron chi connectivity index (χ3n) is 4.13. The van der Waals surface area contributed by atoms with E-state index in [-0.39, 0.29) is 0 Å². The van der Waals surface area contributed by atoms with E-state index in [1.807, 2.05) is 31.3 Å². The molecule has 0 saturated carbocycles. The molecule has 6 nitrogen and oxygen atoms in total. The molecule has 1 aromatic carbocycles. The lowest BCUT2D eigenvalue weighted by Gasteiger charge is -2.21. The monoisotopic (exact) mass is 335 g/mol. The number of guanidine groups is 1. The van der Waals surface area contributed by atoms with Gasteiger partial charge in [0.25, 0.3) is 0 Å². The molecule has 24 heavy (non-hydrogen) atoms. The summed E-state index contributed by atoms with van der Waals surface area (Å²) in [6.07, 6.45) is 2.08. The van der Waals surface area contributed by atoms with E-state index in [0.29, 0.717) is 12.5 Å². The standard InChI is InChI=1S/C18H29N3O3/c1-19-18(21-11-9-15(13-21)14-22-2)20-10-4-12-24-17-7-5-16(23-3)6-8-17/h5-8,15H,4,9-14H2,1-3H3,(H,19,20). The van der Waals surface area contributed by atoms with Gasteiger partial charge < -0.3 is 24.4 Å². The van der Waals surface area contributed by atoms with Gasteiger partial charge in [0, 0.05) is 39.7 Å². The first-order chi connectivity index (χ1) is 11.8. The summed E-state index contributed by atoms with van der Waals surface area (Å²) in [5, 5.41) is 3.41. The molecule has 1 fully saturated rings. The number of methoxy groups -OCH3 is 2. The maximum Gasteiger partial charge on any atom is 0.193 e. The topological polar surface area (TPSA) is 55.3 Å². The molecule has 0 bridgehead atoms. The molecule has 1 N–H and O–H groups in total. The first kappa shape index (κ1) is 18.4. The van der Waals surface area contributed by atoms with Gasteiger partial charge in [-0.2, -0.15) is 0 Å². The number of aliphatic imine (C=N–C) groups is 1. The van der Waals surface area contributed by atoms with Crippen molar-refractivity contribution >= 4 is 5.96 Å². The van der Waals surface area contributed by atoms with Crippen molar-refractivity contribution < 1.29 is 14.2 Å². The van der Waals surface area contributed by atoms with E-state index in [9.17, 15) is 0 Å². The minimum Gasteiger partial charge on any atom is -0.497 e. The van der Waals surface area contributed by atoms with Gasteiger partial charge in [-0.05, 0) is 37.1 Å². The van der Waals surface area contributed by atoms with Crippen molar-refractivity contribution in [2.24, 2.45) is 10.9 Å². The fraction of sp³-hybridized carbons (Fsp3) is 0.611. The zero-order chi connectivity index (χ0) is 17.2. The quantitative estimate of drug-likeness (QED) is 0.447. The Morgan fingerprint density at radius 3 is 2.67 bits per heavy atom. The molecule has 1 unspecified atom stereocenters. The molecule has 0 aromatic heterocycles. The average molecular weight is 335 g/mol. The van der Waals surface area contributed by atoms with E-state index in [0.717, 1.165) is 56.5 Å². The number of hydrogen-bond acceptors (Lipinski definition) is 4. The van der Waals surface area contributed by atoms with E-state index < -0.39 is 0 Å². The molecule has 1 aliphatic heterocycles. The van der Waals surface area contributed by atoms with Gasteiger partial charge in [-0.3, -0.25) is 4.99 Å². The predicted octanol–water partition coefficient (Wildman–Crippen LogP) is 2.01. The lowest BCUT2D eigenvalue weighted by Crippen LogP contribution is -2.40. The summed E-state index contributed by atoms with van der Waals surface area (Å²) in [6, 6.07) is 7.65. The first-order valence-corrected chi connectivity index (χ1v) is 8.48. The Balaban J connectivity index is 1.63. The fourth-order valence-corrected chi connectivity index (χ4v) is 2.86. The highest BCUT2D eigenvalue weighted by atomic mass is 16.5. The van der Waals surface area contributed by atoms with E-state index in [4.69, 9.17) is 14.2 Å². The molecular formula is C18H29N3O3. The molecular weight excluding hydrogens is 306 g/mol. The van der Waals surface area contributed by atoms with Gasteiger partial charge in [0.15, 0.2) is 5.96 Å². The minimum atomic E-state index is 0.604. The van der Waals surface area contributed by atoms with Crippen molar-refractivity contribution in [2.75, 3.05) is 54.1 Å². The van der Waals surface area contributed by atoms with Gasteiger partial charge in [-0.25, -0.2) is 0 Å². The summed E-state index contributed by atoms with van der Waals surface area (Å²) in [5.74, 6) is 3.28. The number of nitrogens with one attached hydrogen (secondary N) is 1. The van der Waals surface area contributed by atoms with Crippen LogP contribution in [0, 0.1) is 5.92 Å². The first-order valence-electron chi connectivity index (χ1n) is 8.48. The molecule has 1 heterocycles. The molecule has 134 valence electrons. The van der Waals surface area contributed by atoms with Crippen LogP contribution in [0.25, 0.3) is 0 Å². The van der Waals surface area contributed by atoms with Crippen molar-refractivity contribution in [3.63, 3.8) is 0 Å². The smallest absolute Gasteiger partial charge is 0.193 e. The molecule has 0 aliphatic carbocycles. The maximum atomic E-state index is 5.73. The Hall–Kier alpha value is -1.95. The van der Waals surface area contributed by atoms with E-state index in [1.165, 1.54) is 0 Å². The highest BCUT2D eigenvalue weighted by molar-refractivity contribution is 5.80. The molecule has 0 amide bonds. The average Bonchev–Trinajstić information content (AvgIpc) is 3.07. The second kappa shape index (κ2) is 10.0. The molecule has 0 spiro atoms. The molecule has 6 heteroatoms. The second-order valence-electron chi connectivity index (χ2n) is 5.91. The van der Waals surface area contributed by atoms with Crippen molar-refractivity contribution in [1.29, 1.82) is 0 Å². The minimum absolute atomic E-state index is 0.604. The van der Waals surface area contributed by atoms with Gasteiger partial charge in [-0.1, -0.05) is 0 Å². The van der Waals surface area contributed by atoms with Crippen LogP contribution in [0.4, 0.5) is 0 Å². The Labute approximate surface area is 144 Å². The van der Waals surface area contributed by atoms with Crippen LogP contribution in [0.5, 0.6) is 11.5 Å². The zero-order valence-electron chi connectivity index (χ0n) is 15.0. The van der Waals surface area contributed by atoms with Crippen LogP contribution in [-0.4, -0.2) is 65.0 Å². The van der Waals surface area contributed by atoms with Gasteiger partial charge >= 0.3 is 0 Å². The van der Waals surface area contributed by atoms with E-state index >= 15 is 0 Å². The molecule has 1 aliphatic rings. The lowest BCUT2D eigenvalue weighted by atomic mass is 10.1. The molecule has 0 radical (unpaired) electrons. The predicted molar refractivity (Wildman–Crippen MR) is 96.0 cm³/mol. The van der Waals surface area contributed by atoms with Crippen LogP contribution in [0.15, 0.2) is 29.3 Å². The van der Waals surface area contributed by atoms with E-state index in [2.05, 4.69) is 15.2 Å². The summed E-state index contributed by atoms with van der Waals surface area (Å²) in [6.45, 7) is 4.38. The van der Waals surface area contributed by atoms with Gasteiger partial charge in [0.1, 0.15) is 11.5 Å². The summed E-state index contributed by atoms with van der Waals surface area (Å²) in [5.41, 5.74) is 0. The molecule has 1 saturated heterocycles. The number of benzene rings is 1. The van der Waals surface area contributed by atoms with Crippen molar-refractivity contribution in [1.82, 2.24) is 10.2 Å². The zero-order valence-corrected chi connectivity index (χ0v) is 15.0. The van der Waals surface area contributed by atoms with Crippen LogP contribution >= 0.6 is 0 Å². The SMILES string of the molecule is CN=C(NCCCOc1ccc(OC)cc1)N1CCC(COC)C1. The molecule has 1 atom stereocenters. The largest absolute Gasteiger partial charge is 0.497 e. The lowest BCUT2D eigenvalue weighted by molar-refractivity contribution is 0.157. The van der Waals surface area contributed by atoms with Crippen LogP contribution in [0.1, 0.15) is 12.8 Å². The Morgan fingerprint density at radius 1 is 1.25 bits per heavy atom. The summed E-state index contributed by atoms with van der Waals surface area (Å²) < 4.78 is 16.1. The number of nitrogens with zero attached hydrogens (tertiary/aromatic N) is 2. The van der Waals surface area contributed by atoms with E-state index in [1.54, 1.807) is 14.2 Å². The molecule has 1 aromatic rings. The van der Waals surface area contributed by atoms with Gasteiger partial charge in [0.05, 0.1) is 20.3 Å². The number of ether oxygens (including phenoxy) is 3. The molecule has 2 rings (SSSR count). The Bertz CT molecular complexity index is 505. The van der Waals surface area contributed by atoms with Crippen LogP contribution in [-0.2, 0) is 4.74 Å². The van der Waals surface area contributed by atoms with Crippen molar-refractivity contribution in [2.45, 2.75) is 12.8 Å². The Morgan fingerprint density at radius 2 is 2.00 bits per heavy atom. The summed E-state index contributed by atoms with van der Waals surface area (Å²) in [7, 11) is 5.25.